The second-order valence-corrected chi connectivity index (χ2v) is 3.45. The first-order valence-electron chi connectivity index (χ1n) is 5.27. The Morgan fingerprint density at radius 3 is 2.69 bits per heavy atom. The van der Waals surface area contributed by atoms with Gasteiger partial charge in [0.05, 0.1) is 13.5 Å². The van der Waals surface area contributed by atoms with Crippen LogP contribution in [0.4, 0.5) is 0 Å². The van der Waals surface area contributed by atoms with Crippen LogP contribution in [-0.2, 0) is 11.2 Å². The van der Waals surface area contributed by atoms with Gasteiger partial charge in [0.25, 0.3) is 0 Å². The van der Waals surface area contributed by atoms with Crippen LogP contribution >= 0.6 is 0 Å². The molecule has 0 saturated heterocycles. The monoisotopic (exact) mass is 219 g/mol. The summed E-state index contributed by atoms with van der Waals surface area (Å²) in [5, 5.41) is 2.82. The fourth-order valence-corrected chi connectivity index (χ4v) is 1.30. The van der Waals surface area contributed by atoms with Crippen molar-refractivity contribution in [2.45, 2.75) is 12.8 Å². The highest BCUT2D eigenvalue weighted by Crippen LogP contribution is 2.11. The average Bonchev–Trinajstić information content (AvgIpc) is 2.30. The quantitative estimate of drug-likeness (QED) is 0.586. The first-order chi connectivity index (χ1) is 7.76. The smallest absolute Gasteiger partial charge is 0.224 e. The number of carbonyl (C=O) groups is 1. The zero-order valence-corrected chi connectivity index (χ0v) is 9.53. The SMILES string of the molecule is C=CCCNC(=O)Cc1ccc(OC)cc1. The van der Waals surface area contributed by atoms with Crippen molar-refractivity contribution in [3.8, 4) is 5.75 Å². The standard InChI is InChI=1S/C13H17NO2/c1-3-4-9-14-13(15)10-11-5-7-12(16-2)8-6-11/h3,5-8H,1,4,9-10H2,2H3,(H,14,15). The van der Waals surface area contributed by atoms with E-state index in [9.17, 15) is 4.79 Å². The average molecular weight is 219 g/mol. The van der Waals surface area contributed by atoms with E-state index in [1.807, 2.05) is 24.3 Å². The zero-order chi connectivity index (χ0) is 11.8. The molecule has 16 heavy (non-hydrogen) atoms. The van der Waals surface area contributed by atoms with Crippen LogP contribution in [0.15, 0.2) is 36.9 Å². The van der Waals surface area contributed by atoms with E-state index >= 15 is 0 Å². The number of ether oxygens (including phenoxy) is 1. The van der Waals surface area contributed by atoms with Crippen molar-refractivity contribution in [3.05, 3.63) is 42.5 Å². The van der Waals surface area contributed by atoms with Crippen LogP contribution in [0, 0.1) is 0 Å². The van der Waals surface area contributed by atoms with E-state index in [4.69, 9.17) is 4.74 Å². The van der Waals surface area contributed by atoms with E-state index in [2.05, 4.69) is 11.9 Å². The van der Waals surface area contributed by atoms with E-state index in [0.29, 0.717) is 13.0 Å². The van der Waals surface area contributed by atoms with E-state index < -0.39 is 0 Å². The molecule has 3 heteroatoms. The van der Waals surface area contributed by atoms with Gasteiger partial charge in [0.1, 0.15) is 5.75 Å². The number of carbonyl (C=O) groups excluding carboxylic acids is 1. The molecule has 0 bridgehead atoms. The molecule has 0 aliphatic carbocycles. The predicted molar refractivity (Wildman–Crippen MR) is 64.5 cm³/mol. The second kappa shape index (κ2) is 6.67. The molecule has 0 unspecified atom stereocenters. The molecule has 86 valence electrons. The first-order valence-corrected chi connectivity index (χ1v) is 5.27. The Bertz CT molecular complexity index is 343. The first kappa shape index (κ1) is 12.3. The number of amides is 1. The second-order valence-electron chi connectivity index (χ2n) is 3.45. The fourth-order valence-electron chi connectivity index (χ4n) is 1.30. The lowest BCUT2D eigenvalue weighted by molar-refractivity contribution is -0.120. The predicted octanol–water partition coefficient (Wildman–Crippen LogP) is 1.93. The van der Waals surface area contributed by atoms with Gasteiger partial charge in [0.15, 0.2) is 0 Å². The maximum absolute atomic E-state index is 11.5. The van der Waals surface area contributed by atoms with Gasteiger partial charge in [-0.3, -0.25) is 4.79 Å². The fraction of sp³-hybridized carbons (Fsp3) is 0.308. The number of hydrogen-bond donors (Lipinski definition) is 1. The summed E-state index contributed by atoms with van der Waals surface area (Å²) in [5.74, 6) is 0.836. The van der Waals surface area contributed by atoms with Crippen LogP contribution in [0.25, 0.3) is 0 Å². The topological polar surface area (TPSA) is 38.3 Å². The largest absolute Gasteiger partial charge is 0.497 e. The minimum atomic E-state index is 0.0343. The summed E-state index contributed by atoms with van der Waals surface area (Å²) in [6, 6.07) is 7.50. The third-order valence-corrected chi connectivity index (χ3v) is 2.19. The van der Waals surface area contributed by atoms with Gasteiger partial charge in [-0.2, -0.15) is 0 Å². The number of nitrogens with one attached hydrogen (secondary N) is 1. The van der Waals surface area contributed by atoms with E-state index in [0.717, 1.165) is 17.7 Å². The highest BCUT2D eigenvalue weighted by atomic mass is 16.5. The molecule has 1 rings (SSSR count). The summed E-state index contributed by atoms with van der Waals surface area (Å²) in [6.07, 6.45) is 2.99. The Morgan fingerprint density at radius 2 is 2.12 bits per heavy atom. The van der Waals surface area contributed by atoms with Crippen molar-refractivity contribution in [2.75, 3.05) is 13.7 Å². The van der Waals surface area contributed by atoms with Crippen molar-refractivity contribution in [2.24, 2.45) is 0 Å². The minimum absolute atomic E-state index is 0.0343. The summed E-state index contributed by atoms with van der Waals surface area (Å²) in [5.41, 5.74) is 0.983. The Morgan fingerprint density at radius 1 is 1.44 bits per heavy atom. The van der Waals surface area contributed by atoms with Crippen LogP contribution in [0.3, 0.4) is 0 Å². The molecule has 0 radical (unpaired) electrons. The maximum Gasteiger partial charge on any atom is 0.224 e. The molecule has 0 fully saturated rings. The lowest BCUT2D eigenvalue weighted by atomic mass is 10.1. The molecule has 0 aromatic heterocycles. The Balaban J connectivity index is 2.40. The van der Waals surface area contributed by atoms with Gasteiger partial charge in [-0.1, -0.05) is 18.2 Å². The molecule has 3 nitrogen and oxygen atoms in total. The number of hydrogen-bond acceptors (Lipinski definition) is 2. The molecule has 1 amide bonds. The molecule has 0 saturated carbocycles. The van der Waals surface area contributed by atoms with Crippen molar-refractivity contribution in [1.82, 2.24) is 5.32 Å². The molecule has 1 aromatic rings. The lowest BCUT2D eigenvalue weighted by Gasteiger charge is -2.04. The molecule has 0 aliphatic heterocycles. The Hall–Kier alpha value is -1.77. The summed E-state index contributed by atoms with van der Waals surface area (Å²) < 4.78 is 5.04. The van der Waals surface area contributed by atoms with Gasteiger partial charge >= 0.3 is 0 Å². The van der Waals surface area contributed by atoms with Crippen molar-refractivity contribution < 1.29 is 9.53 Å². The van der Waals surface area contributed by atoms with Gasteiger partial charge in [-0.25, -0.2) is 0 Å². The third kappa shape index (κ3) is 4.17. The van der Waals surface area contributed by atoms with E-state index in [1.54, 1.807) is 13.2 Å². The summed E-state index contributed by atoms with van der Waals surface area (Å²) >= 11 is 0. The van der Waals surface area contributed by atoms with Crippen molar-refractivity contribution >= 4 is 5.91 Å². The summed E-state index contributed by atoms with van der Waals surface area (Å²) in [7, 11) is 1.62. The highest BCUT2D eigenvalue weighted by molar-refractivity contribution is 5.78. The third-order valence-electron chi connectivity index (χ3n) is 2.19. The van der Waals surface area contributed by atoms with Gasteiger partial charge in [-0.15, -0.1) is 6.58 Å². The van der Waals surface area contributed by atoms with Crippen LogP contribution in [0.5, 0.6) is 5.75 Å². The van der Waals surface area contributed by atoms with Crippen molar-refractivity contribution in [3.63, 3.8) is 0 Å². The van der Waals surface area contributed by atoms with Crippen LogP contribution < -0.4 is 10.1 Å². The van der Waals surface area contributed by atoms with E-state index in [1.165, 1.54) is 0 Å². The van der Waals surface area contributed by atoms with Gasteiger partial charge in [0, 0.05) is 6.54 Å². The molecular weight excluding hydrogens is 202 g/mol. The summed E-state index contributed by atoms with van der Waals surface area (Å²) in [4.78, 5) is 11.5. The van der Waals surface area contributed by atoms with Gasteiger partial charge in [-0.05, 0) is 24.1 Å². The number of rotatable bonds is 6. The molecule has 0 heterocycles. The maximum atomic E-state index is 11.5. The molecular formula is C13H17NO2. The van der Waals surface area contributed by atoms with E-state index in [-0.39, 0.29) is 5.91 Å². The molecule has 1 N–H and O–H groups in total. The molecule has 1 aromatic carbocycles. The number of benzene rings is 1. The van der Waals surface area contributed by atoms with Crippen LogP contribution in [0.1, 0.15) is 12.0 Å². The Labute approximate surface area is 96.1 Å². The molecule has 0 atom stereocenters. The Kier molecular flexibility index (Phi) is 5.12. The number of methoxy groups -OCH3 is 1. The highest BCUT2D eigenvalue weighted by Gasteiger charge is 2.02. The van der Waals surface area contributed by atoms with Crippen molar-refractivity contribution in [1.29, 1.82) is 0 Å². The molecule has 0 aliphatic rings. The zero-order valence-electron chi connectivity index (χ0n) is 9.53. The van der Waals surface area contributed by atoms with Gasteiger partial charge < -0.3 is 10.1 Å². The van der Waals surface area contributed by atoms with Crippen LogP contribution in [0.2, 0.25) is 0 Å². The lowest BCUT2D eigenvalue weighted by Crippen LogP contribution is -2.25. The van der Waals surface area contributed by atoms with Gasteiger partial charge in [0.2, 0.25) is 5.91 Å². The normalized spacial score (nSPS) is 9.56. The minimum Gasteiger partial charge on any atom is -0.497 e. The molecule has 0 spiro atoms. The summed E-state index contributed by atoms with van der Waals surface area (Å²) in [6.45, 7) is 4.25. The van der Waals surface area contributed by atoms with Crippen LogP contribution in [-0.4, -0.2) is 19.6 Å².